The lowest BCUT2D eigenvalue weighted by Crippen LogP contribution is -2.39. The Morgan fingerprint density at radius 2 is 1.65 bits per heavy atom. The molecule has 1 heterocycles. The number of nitrogens with one attached hydrogen (secondary N) is 2. The molecule has 2 N–H and O–H groups in total. The first kappa shape index (κ1) is 32.5. The molecule has 3 atom stereocenters. The molecule has 0 saturated carbocycles. The number of benzene rings is 4. The summed E-state index contributed by atoms with van der Waals surface area (Å²) in [7, 11) is -1.21. The van der Waals surface area contributed by atoms with Gasteiger partial charge in [-0.05, 0) is 96.6 Å². The number of hydrogen-bond acceptors (Lipinski definition) is 8. The molecule has 0 spiro atoms. The van der Waals surface area contributed by atoms with Gasteiger partial charge in [-0.1, -0.05) is 48.6 Å². The van der Waals surface area contributed by atoms with Crippen LogP contribution in [0.15, 0.2) is 119 Å². The molecule has 4 aromatic rings. The number of nitrogens with zero attached hydrogens (tertiary/aromatic N) is 2. The van der Waals surface area contributed by atoms with E-state index in [4.69, 9.17) is 9.47 Å². The van der Waals surface area contributed by atoms with Crippen molar-refractivity contribution in [1.29, 1.82) is 0 Å². The number of fused-ring (bicyclic) bond motifs is 3. The van der Waals surface area contributed by atoms with Crippen molar-refractivity contribution in [2.24, 2.45) is 11.0 Å². The fourth-order valence-electron chi connectivity index (χ4n) is 6.25. The Morgan fingerprint density at radius 1 is 0.938 bits per heavy atom. The second kappa shape index (κ2) is 13.7. The van der Waals surface area contributed by atoms with Crippen LogP contribution in [0.1, 0.15) is 52.4 Å². The number of methoxy groups -OCH3 is 2. The fourth-order valence-corrected chi connectivity index (χ4v) is 7.68. The summed E-state index contributed by atoms with van der Waals surface area (Å²) in [6, 6.07) is 28.1. The van der Waals surface area contributed by atoms with E-state index in [1.807, 2.05) is 24.3 Å². The number of carbonyl (C=O) groups is 2. The molecule has 11 heteroatoms. The Labute approximate surface area is 280 Å². The van der Waals surface area contributed by atoms with Gasteiger partial charge in [0, 0.05) is 11.6 Å². The van der Waals surface area contributed by atoms with E-state index in [9.17, 15) is 18.0 Å². The van der Waals surface area contributed by atoms with Crippen molar-refractivity contribution in [3.05, 3.63) is 131 Å². The molecule has 10 nitrogen and oxygen atoms in total. The molecule has 246 valence electrons. The van der Waals surface area contributed by atoms with E-state index in [2.05, 4.69) is 34.1 Å². The molecule has 0 saturated heterocycles. The summed E-state index contributed by atoms with van der Waals surface area (Å²) < 4.78 is 38.4. The molecule has 4 aromatic carbocycles. The van der Waals surface area contributed by atoms with E-state index in [1.54, 1.807) is 61.5 Å². The maximum absolute atomic E-state index is 13.7. The highest BCUT2D eigenvalue weighted by molar-refractivity contribution is 7.92. The maximum atomic E-state index is 13.7. The van der Waals surface area contributed by atoms with Crippen LogP contribution in [-0.2, 0) is 19.6 Å². The van der Waals surface area contributed by atoms with Gasteiger partial charge in [-0.3, -0.25) is 9.10 Å². The van der Waals surface area contributed by atoms with E-state index >= 15 is 0 Å². The molecule has 1 amide bonds. The van der Waals surface area contributed by atoms with Gasteiger partial charge in [-0.15, -0.1) is 0 Å². The van der Waals surface area contributed by atoms with Crippen LogP contribution >= 0.6 is 0 Å². The Bertz CT molecular complexity index is 1980. The molecule has 48 heavy (non-hydrogen) atoms. The Balaban J connectivity index is 1.19. The van der Waals surface area contributed by atoms with E-state index in [-0.39, 0.29) is 28.7 Å². The average molecular weight is 665 g/mol. The average Bonchev–Trinajstić information content (AvgIpc) is 3.63. The lowest BCUT2D eigenvalue weighted by atomic mass is 9.76. The number of anilines is 2. The fraction of sp³-hybridized carbons (Fsp3) is 0.216. The zero-order chi connectivity index (χ0) is 33.8. The van der Waals surface area contributed by atoms with Crippen LogP contribution in [0, 0.1) is 5.92 Å². The molecule has 1 aliphatic heterocycles. The highest BCUT2D eigenvalue weighted by Crippen LogP contribution is 2.50. The molecule has 0 fully saturated rings. The van der Waals surface area contributed by atoms with Crippen molar-refractivity contribution in [2.45, 2.75) is 30.2 Å². The zero-order valence-electron chi connectivity index (χ0n) is 26.8. The third-order valence-corrected chi connectivity index (χ3v) is 10.6. The normalized spacial score (nSPS) is 18.2. The van der Waals surface area contributed by atoms with Crippen molar-refractivity contribution in [2.75, 3.05) is 30.4 Å². The van der Waals surface area contributed by atoms with Crippen LogP contribution in [0.25, 0.3) is 0 Å². The van der Waals surface area contributed by atoms with Gasteiger partial charge < -0.3 is 14.8 Å². The molecule has 0 aromatic heterocycles. The molecule has 2 aliphatic rings. The van der Waals surface area contributed by atoms with E-state index in [0.717, 1.165) is 33.1 Å². The van der Waals surface area contributed by atoms with Gasteiger partial charge in [-0.25, -0.2) is 18.6 Å². The highest BCUT2D eigenvalue weighted by atomic mass is 32.2. The largest absolute Gasteiger partial charge is 0.497 e. The third kappa shape index (κ3) is 6.54. The Morgan fingerprint density at radius 3 is 2.33 bits per heavy atom. The number of rotatable bonds is 10. The minimum Gasteiger partial charge on any atom is -0.497 e. The van der Waals surface area contributed by atoms with Gasteiger partial charge in [0.05, 0.1) is 42.1 Å². The standard InChI is InChI=1S/C37H36N4O6S/c1-24(39-40-35(42)23-41(28-8-5-4-6-9-28)48(44,45)30-19-17-29(46-2)18-20-30)27-16-21-34-33(22-27)31-10-7-11-32(31)36(38-34)25-12-14-26(15-13-25)37(43)47-3/h4-10,12-22,31-32,36,38H,11,23H2,1-3H3,(H,40,42)/t31-,32+,36-/m0/s1. The Kier molecular flexibility index (Phi) is 9.31. The Hall–Kier alpha value is -5.42. The minimum atomic E-state index is -4.08. The maximum Gasteiger partial charge on any atom is 0.337 e. The summed E-state index contributed by atoms with van der Waals surface area (Å²) in [5.41, 5.74) is 8.06. The second-order valence-electron chi connectivity index (χ2n) is 11.6. The lowest BCUT2D eigenvalue weighted by molar-refractivity contribution is -0.119. The molecule has 0 radical (unpaired) electrons. The van der Waals surface area contributed by atoms with Crippen molar-refractivity contribution >= 4 is 39.0 Å². The summed E-state index contributed by atoms with van der Waals surface area (Å²) in [5.74, 6) is 0.0278. The van der Waals surface area contributed by atoms with Gasteiger partial charge in [0.2, 0.25) is 0 Å². The topological polar surface area (TPSA) is 126 Å². The third-order valence-electron chi connectivity index (χ3n) is 8.80. The summed E-state index contributed by atoms with van der Waals surface area (Å²) in [6.07, 6.45) is 5.35. The van der Waals surface area contributed by atoms with E-state index in [1.165, 1.54) is 26.4 Å². The van der Waals surface area contributed by atoms with E-state index < -0.39 is 22.5 Å². The van der Waals surface area contributed by atoms with Crippen LogP contribution < -0.4 is 19.8 Å². The predicted octanol–water partition coefficient (Wildman–Crippen LogP) is 6.04. The van der Waals surface area contributed by atoms with Crippen LogP contribution in [0.2, 0.25) is 0 Å². The van der Waals surface area contributed by atoms with Crippen LogP contribution in [0.4, 0.5) is 11.4 Å². The lowest BCUT2D eigenvalue weighted by Gasteiger charge is -2.37. The van der Waals surface area contributed by atoms with Gasteiger partial charge in [-0.2, -0.15) is 5.10 Å². The molecule has 0 unspecified atom stereocenters. The quantitative estimate of drug-likeness (QED) is 0.0916. The van der Waals surface area contributed by atoms with Crippen molar-refractivity contribution < 1.29 is 27.5 Å². The second-order valence-corrected chi connectivity index (χ2v) is 13.5. The smallest absolute Gasteiger partial charge is 0.337 e. The van der Waals surface area contributed by atoms with Gasteiger partial charge >= 0.3 is 5.97 Å². The summed E-state index contributed by atoms with van der Waals surface area (Å²) in [4.78, 5) is 25.1. The molecular formula is C37H36N4O6S. The number of hydrazone groups is 1. The summed E-state index contributed by atoms with van der Waals surface area (Å²) in [5, 5.41) is 8.05. The SMILES string of the molecule is COC(=O)c1ccc([C@@H]2Nc3ccc(C(C)=NNC(=O)CN(c4ccccc4)S(=O)(=O)c4ccc(OC)cc4)cc3[C@H]3C=CC[C@H]32)cc1. The van der Waals surface area contributed by atoms with Crippen molar-refractivity contribution in [3.8, 4) is 5.75 Å². The number of hydrogen-bond donors (Lipinski definition) is 2. The predicted molar refractivity (Wildman–Crippen MR) is 185 cm³/mol. The van der Waals surface area contributed by atoms with Crippen LogP contribution in [-0.4, -0.2) is 46.8 Å². The number of esters is 1. The number of para-hydroxylation sites is 1. The van der Waals surface area contributed by atoms with Crippen LogP contribution in [0.3, 0.4) is 0 Å². The molecule has 6 rings (SSSR count). The van der Waals surface area contributed by atoms with Crippen molar-refractivity contribution in [1.82, 2.24) is 5.43 Å². The van der Waals surface area contributed by atoms with E-state index in [0.29, 0.717) is 22.7 Å². The van der Waals surface area contributed by atoms with Gasteiger partial charge in [0.15, 0.2) is 0 Å². The zero-order valence-corrected chi connectivity index (χ0v) is 27.6. The number of sulfonamides is 1. The number of amides is 1. The molecular weight excluding hydrogens is 628 g/mol. The number of allylic oxidation sites excluding steroid dienone is 2. The molecule has 1 aliphatic carbocycles. The van der Waals surface area contributed by atoms with Gasteiger partial charge in [0.1, 0.15) is 12.3 Å². The monoisotopic (exact) mass is 664 g/mol. The van der Waals surface area contributed by atoms with Crippen LogP contribution in [0.5, 0.6) is 5.75 Å². The number of ether oxygens (including phenoxy) is 2. The summed E-state index contributed by atoms with van der Waals surface area (Å²) in [6.45, 7) is 1.33. The van der Waals surface area contributed by atoms with Gasteiger partial charge in [0.25, 0.3) is 15.9 Å². The molecule has 0 bridgehead atoms. The first-order valence-corrected chi connectivity index (χ1v) is 16.9. The van der Waals surface area contributed by atoms with Crippen molar-refractivity contribution in [3.63, 3.8) is 0 Å². The first-order chi connectivity index (χ1) is 23.2. The summed E-state index contributed by atoms with van der Waals surface area (Å²) >= 11 is 0. The minimum absolute atomic E-state index is 0.0296. The highest BCUT2D eigenvalue weighted by Gasteiger charge is 2.38. The first-order valence-electron chi connectivity index (χ1n) is 15.5. The number of carbonyl (C=O) groups excluding carboxylic acids is 2.